The highest BCUT2D eigenvalue weighted by Gasteiger charge is 2.44. The van der Waals surface area contributed by atoms with Crippen molar-refractivity contribution in [2.24, 2.45) is 0 Å². The summed E-state index contributed by atoms with van der Waals surface area (Å²) in [5.41, 5.74) is 15.3. The van der Waals surface area contributed by atoms with Crippen molar-refractivity contribution in [1.29, 1.82) is 0 Å². The predicted molar refractivity (Wildman–Crippen MR) is 224 cm³/mol. The van der Waals surface area contributed by atoms with Gasteiger partial charge < -0.3 is 4.42 Å². The zero-order chi connectivity index (χ0) is 36.3. The van der Waals surface area contributed by atoms with Gasteiger partial charge in [-0.1, -0.05) is 147 Å². The van der Waals surface area contributed by atoms with Crippen molar-refractivity contribution in [3.63, 3.8) is 0 Å². The lowest BCUT2D eigenvalue weighted by Crippen LogP contribution is -2.27. The third kappa shape index (κ3) is 5.24. The second-order valence-corrected chi connectivity index (χ2v) is 15.1. The van der Waals surface area contributed by atoms with E-state index < -0.39 is 0 Å². The maximum atomic E-state index is 6.13. The first kappa shape index (κ1) is 31.8. The fraction of sp³-hybridized carbons (Fsp3) is 0.118. The van der Waals surface area contributed by atoms with Crippen LogP contribution in [0.5, 0.6) is 0 Å². The van der Waals surface area contributed by atoms with Crippen LogP contribution >= 0.6 is 0 Å². The molecular weight excluding hydrogens is 671 g/mol. The molecule has 0 N–H and O–H groups in total. The molecular formula is C51H37N3O. The highest BCUT2D eigenvalue weighted by Crippen LogP contribution is 2.57. The molecule has 0 aliphatic heterocycles. The van der Waals surface area contributed by atoms with E-state index in [0.717, 1.165) is 49.8 Å². The molecule has 4 heteroatoms. The molecule has 9 aromatic rings. The quantitative estimate of drug-likeness (QED) is 0.179. The number of furan rings is 1. The number of hydrogen-bond donors (Lipinski definition) is 0. The van der Waals surface area contributed by atoms with E-state index in [0.29, 0.717) is 17.5 Å². The molecule has 2 heterocycles. The van der Waals surface area contributed by atoms with Crippen LogP contribution < -0.4 is 0 Å². The van der Waals surface area contributed by atoms with Crippen LogP contribution in [-0.4, -0.2) is 15.0 Å². The van der Waals surface area contributed by atoms with Crippen molar-refractivity contribution in [3.05, 3.63) is 175 Å². The van der Waals surface area contributed by atoms with Crippen LogP contribution in [0.2, 0.25) is 0 Å². The number of rotatable bonds is 5. The minimum absolute atomic E-state index is 0.131. The van der Waals surface area contributed by atoms with E-state index in [1.54, 1.807) is 0 Å². The normalized spacial score (nSPS) is 14.3. The van der Waals surface area contributed by atoms with Gasteiger partial charge in [0.1, 0.15) is 11.2 Å². The first-order valence-electron chi connectivity index (χ1n) is 19.4. The predicted octanol–water partition coefficient (Wildman–Crippen LogP) is 13.3. The third-order valence-corrected chi connectivity index (χ3v) is 11.9. The lowest BCUT2D eigenvalue weighted by Gasteiger charge is -2.36. The molecule has 1 fully saturated rings. The molecule has 0 radical (unpaired) electrons. The van der Waals surface area contributed by atoms with Gasteiger partial charge in [-0.15, -0.1) is 0 Å². The van der Waals surface area contributed by atoms with Crippen molar-refractivity contribution in [1.82, 2.24) is 15.0 Å². The summed E-state index contributed by atoms with van der Waals surface area (Å²) in [6.07, 6.45) is 6.37. The van der Waals surface area contributed by atoms with Crippen LogP contribution in [0.4, 0.5) is 0 Å². The van der Waals surface area contributed by atoms with Gasteiger partial charge in [0.25, 0.3) is 0 Å². The van der Waals surface area contributed by atoms with Crippen LogP contribution in [0, 0.1) is 0 Å². The van der Waals surface area contributed by atoms with Crippen LogP contribution in [-0.2, 0) is 5.41 Å². The van der Waals surface area contributed by atoms with E-state index in [1.165, 1.54) is 65.5 Å². The van der Waals surface area contributed by atoms with Crippen LogP contribution in [0.3, 0.4) is 0 Å². The van der Waals surface area contributed by atoms with Gasteiger partial charge in [-0.2, -0.15) is 0 Å². The van der Waals surface area contributed by atoms with Crippen molar-refractivity contribution in [3.8, 4) is 67.5 Å². The zero-order valence-electron chi connectivity index (χ0n) is 30.4. The Labute approximate surface area is 320 Å². The molecule has 0 bridgehead atoms. The Balaban J connectivity index is 1.01. The summed E-state index contributed by atoms with van der Waals surface area (Å²) in [4.78, 5) is 15.2. The van der Waals surface area contributed by atoms with Crippen LogP contribution in [0.1, 0.15) is 43.2 Å². The average molecular weight is 708 g/mol. The molecule has 262 valence electrons. The molecule has 1 spiro atoms. The Kier molecular flexibility index (Phi) is 7.38. The summed E-state index contributed by atoms with van der Waals surface area (Å²) < 4.78 is 6.13. The summed E-state index contributed by atoms with van der Waals surface area (Å²) in [6.45, 7) is 0. The topological polar surface area (TPSA) is 51.8 Å². The minimum atomic E-state index is 0.131. The van der Waals surface area contributed by atoms with E-state index in [2.05, 4.69) is 103 Å². The number of fused-ring (bicyclic) bond motifs is 8. The number of hydrogen-bond acceptors (Lipinski definition) is 4. The monoisotopic (exact) mass is 707 g/mol. The summed E-state index contributed by atoms with van der Waals surface area (Å²) in [7, 11) is 0. The standard InChI is InChI=1S/C51H37N3O/c1-3-14-33(15-4-1)48-52-49(54-50(53-48)38-26-27-46-42(32-38)40-20-6-8-25-45(40)55-46)37-19-12-17-35(31-37)34-16-11-18-36(30-34)39-22-13-24-44-47(39)41-21-5-7-23-43(41)51(44)28-9-2-10-29-51/h1,3-8,11-27,30-32H,2,9-10,28-29H2. The molecule has 2 aliphatic rings. The van der Waals surface area contributed by atoms with Crippen molar-refractivity contribution in [2.45, 2.75) is 37.5 Å². The van der Waals surface area contributed by atoms with Gasteiger partial charge in [-0.05, 0) is 93.7 Å². The molecule has 0 atom stereocenters. The van der Waals surface area contributed by atoms with E-state index in [1.807, 2.05) is 60.7 Å². The van der Waals surface area contributed by atoms with Gasteiger partial charge in [0.2, 0.25) is 0 Å². The molecule has 0 unspecified atom stereocenters. The third-order valence-electron chi connectivity index (χ3n) is 11.9. The Hall–Kier alpha value is -6.65. The summed E-state index contributed by atoms with van der Waals surface area (Å²) in [5, 5.41) is 2.12. The first-order valence-corrected chi connectivity index (χ1v) is 19.4. The second kappa shape index (κ2) is 12.7. The summed E-state index contributed by atoms with van der Waals surface area (Å²) in [6, 6.07) is 58.2. The van der Waals surface area contributed by atoms with Gasteiger partial charge in [0, 0.05) is 32.9 Å². The number of aromatic nitrogens is 3. The van der Waals surface area contributed by atoms with Crippen LogP contribution in [0.25, 0.3) is 89.5 Å². The average Bonchev–Trinajstić information content (AvgIpc) is 3.77. The first-order chi connectivity index (χ1) is 27.2. The van der Waals surface area contributed by atoms with Crippen molar-refractivity contribution in [2.75, 3.05) is 0 Å². The molecule has 0 amide bonds. The van der Waals surface area contributed by atoms with Gasteiger partial charge in [-0.25, -0.2) is 15.0 Å². The van der Waals surface area contributed by atoms with Crippen molar-refractivity contribution >= 4 is 21.9 Å². The minimum Gasteiger partial charge on any atom is -0.456 e. The molecule has 1 saturated carbocycles. The number of benzene rings is 7. The second-order valence-electron chi connectivity index (χ2n) is 15.1. The SMILES string of the molecule is c1ccc(-c2nc(-c3cccc(-c4cccc(-c5cccc6c5-c5ccccc5C65CCCCC5)c4)c3)nc(-c3ccc4oc5ccccc5c4c3)n2)cc1. The number of para-hydroxylation sites is 1. The van der Waals surface area contributed by atoms with E-state index in [9.17, 15) is 0 Å². The molecule has 7 aromatic carbocycles. The van der Waals surface area contributed by atoms with Gasteiger partial charge in [-0.3, -0.25) is 0 Å². The zero-order valence-corrected chi connectivity index (χ0v) is 30.4. The van der Waals surface area contributed by atoms with E-state index in [-0.39, 0.29) is 5.41 Å². The Morgan fingerprint density at radius 1 is 0.382 bits per heavy atom. The van der Waals surface area contributed by atoms with Gasteiger partial charge >= 0.3 is 0 Å². The maximum Gasteiger partial charge on any atom is 0.164 e. The van der Waals surface area contributed by atoms with Crippen LogP contribution in [0.15, 0.2) is 168 Å². The molecule has 4 nitrogen and oxygen atoms in total. The Morgan fingerprint density at radius 3 is 1.76 bits per heavy atom. The fourth-order valence-electron chi connectivity index (χ4n) is 9.36. The maximum absolute atomic E-state index is 6.13. The lowest BCUT2D eigenvalue weighted by atomic mass is 9.68. The van der Waals surface area contributed by atoms with Gasteiger partial charge in [0.05, 0.1) is 0 Å². The highest BCUT2D eigenvalue weighted by molar-refractivity contribution is 6.06. The van der Waals surface area contributed by atoms with E-state index >= 15 is 0 Å². The summed E-state index contributed by atoms with van der Waals surface area (Å²) in [5.74, 6) is 1.89. The molecule has 11 rings (SSSR count). The number of nitrogens with zero attached hydrogens (tertiary/aromatic N) is 3. The largest absolute Gasteiger partial charge is 0.456 e. The molecule has 2 aliphatic carbocycles. The Morgan fingerprint density at radius 2 is 0.945 bits per heavy atom. The summed E-state index contributed by atoms with van der Waals surface area (Å²) >= 11 is 0. The van der Waals surface area contributed by atoms with Crippen molar-refractivity contribution < 1.29 is 4.42 Å². The molecule has 2 aromatic heterocycles. The smallest absolute Gasteiger partial charge is 0.164 e. The lowest BCUT2D eigenvalue weighted by molar-refractivity contribution is 0.353. The van der Waals surface area contributed by atoms with E-state index in [4.69, 9.17) is 19.4 Å². The fourth-order valence-corrected chi connectivity index (χ4v) is 9.36. The van der Waals surface area contributed by atoms with Gasteiger partial charge in [0.15, 0.2) is 17.5 Å². The Bertz CT molecular complexity index is 2920. The molecule has 0 saturated heterocycles. The molecule has 55 heavy (non-hydrogen) atoms. The highest BCUT2D eigenvalue weighted by atomic mass is 16.3.